The minimum Gasteiger partial charge on any atom is -0.394 e. The van der Waals surface area contributed by atoms with Gasteiger partial charge in [0.05, 0.1) is 30.5 Å². The lowest BCUT2D eigenvalue weighted by Gasteiger charge is -2.18. The van der Waals surface area contributed by atoms with E-state index in [1.54, 1.807) is 13.8 Å². The third kappa shape index (κ3) is 5.20. The van der Waals surface area contributed by atoms with Crippen molar-refractivity contribution >= 4 is 11.7 Å². The lowest BCUT2D eigenvalue weighted by atomic mass is 10.0. The first-order valence-corrected chi connectivity index (χ1v) is 10.6. The van der Waals surface area contributed by atoms with E-state index >= 15 is 0 Å². The van der Waals surface area contributed by atoms with Crippen LogP contribution in [-0.4, -0.2) is 39.2 Å². The molecule has 0 saturated heterocycles. The lowest BCUT2D eigenvalue weighted by Crippen LogP contribution is -2.31. The van der Waals surface area contributed by atoms with Gasteiger partial charge in [-0.05, 0) is 51.0 Å². The molecule has 182 valence electrons. The Bertz CT molecular complexity index is 1180. The predicted molar refractivity (Wildman–Crippen MR) is 120 cm³/mol. The number of aromatic nitrogens is 3. The highest BCUT2D eigenvalue weighted by atomic mass is 19.4. The van der Waals surface area contributed by atoms with E-state index in [0.29, 0.717) is 40.5 Å². The van der Waals surface area contributed by atoms with Crippen LogP contribution in [0, 0.1) is 20.8 Å². The summed E-state index contributed by atoms with van der Waals surface area (Å²) in [6.07, 6.45) is -3.15. The van der Waals surface area contributed by atoms with E-state index in [1.807, 2.05) is 13.8 Å². The lowest BCUT2D eigenvalue weighted by molar-refractivity contribution is -0.137. The van der Waals surface area contributed by atoms with E-state index in [1.165, 1.54) is 18.5 Å². The van der Waals surface area contributed by atoms with Crippen LogP contribution >= 0.6 is 0 Å². The summed E-state index contributed by atoms with van der Waals surface area (Å²) in [6, 6.07) is 3.48. The van der Waals surface area contributed by atoms with Crippen molar-refractivity contribution in [3.8, 4) is 11.3 Å². The van der Waals surface area contributed by atoms with Crippen LogP contribution in [0.4, 0.5) is 19.0 Å². The summed E-state index contributed by atoms with van der Waals surface area (Å²) < 4.78 is 39.2. The van der Waals surface area contributed by atoms with Crippen LogP contribution in [0.3, 0.4) is 0 Å². The molecule has 34 heavy (non-hydrogen) atoms. The normalized spacial score (nSPS) is 12.5. The molecule has 0 aliphatic heterocycles. The molecule has 0 saturated carbocycles. The first-order valence-electron chi connectivity index (χ1n) is 10.6. The van der Waals surface area contributed by atoms with Gasteiger partial charge in [0.2, 0.25) is 0 Å². The molecular formula is C23H26F3N5O3. The smallest absolute Gasteiger partial charge is 0.394 e. The fraction of sp³-hybridized carbons (Fsp3) is 0.348. The maximum atomic E-state index is 13.1. The van der Waals surface area contributed by atoms with Gasteiger partial charge in [0.1, 0.15) is 12.0 Å². The predicted octanol–water partition coefficient (Wildman–Crippen LogP) is 4.24. The van der Waals surface area contributed by atoms with Crippen molar-refractivity contribution in [1.82, 2.24) is 20.3 Å². The summed E-state index contributed by atoms with van der Waals surface area (Å²) >= 11 is 0. The molecule has 1 atom stereocenters. The average Bonchev–Trinajstić information content (AvgIpc) is 3.10. The van der Waals surface area contributed by atoms with Crippen LogP contribution < -0.4 is 10.8 Å². The highest BCUT2D eigenvalue weighted by molar-refractivity contribution is 5.97. The van der Waals surface area contributed by atoms with E-state index in [0.717, 1.165) is 12.1 Å². The molecule has 0 bridgehead atoms. The van der Waals surface area contributed by atoms with E-state index in [9.17, 15) is 23.1 Å². The molecule has 0 fully saturated rings. The maximum absolute atomic E-state index is 13.1. The van der Waals surface area contributed by atoms with Gasteiger partial charge in [-0.3, -0.25) is 9.63 Å². The number of benzene rings is 1. The number of nitrogens with zero attached hydrogens (tertiary/aromatic N) is 2. The van der Waals surface area contributed by atoms with Crippen molar-refractivity contribution in [3.63, 3.8) is 0 Å². The van der Waals surface area contributed by atoms with E-state index < -0.39 is 30.3 Å². The molecule has 0 aliphatic carbocycles. The largest absolute Gasteiger partial charge is 0.416 e. The van der Waals surface area contributed by atoms with Gasteiger partial charge in [-0.25, -0.2) is 15.4 Å². The Hall–Kier alpha value is -3.44. The number of carbonyl (C=O) groups is 1. The van der Waals surface area contributed by atoms with Gasteiger partial charge < -0.3 is 15.4 Å². The molecule has 4 N–H and O–H groups in total. The molecule has 2 aromatic heterocycles. The number of halogens is 3. The zero-order chi connectivity index (χ0) is 25.0. The van der Waals surface area contributed by atoms with Crippen LogP contribution in [0.1, 0.15) is 51.4 Å². The topological polar surface area (TPSA) is 112 Å². The molecule has 0 unspecified atom stereocenters. The summed E-state index contributed by atoms with van der Waals surface area (Å²) in [6.45, 7) is 7.03. The number of aliphatic hydroxyl groups excluding tert-OH is 1. The molecule has 8 nitrogen and oxygen atoms in total. The van der Waals surface area contributed by atoms with Gasteiger partial charge in [0.25, 0.3) is 5.91 Å². The number of hydrogen-bond acceptors (Lipinski definition) is 6. The summed E-state index contributed by atoms with van der Waals surface area (Å²) in [4.78, 5) is 29.8. The van der Waals surface area contributed by atoms with Crippen molar-refractivity contribution in [1.29, 1.82) is 0 Å². The Morgan fingerprint density at radius 2 is 1.94 bits per heavy atom. The second-order valence-electron chi connectivity index (χ2n) is 7.69. The number of aryl methyl sites for hydroxylation is 1. The number of aliphatic hydroxyl groups is 1. The van der Waals surface area contributed by atoms with Crippen LogP contribution in [0.5, 0.6) is 0 Å². The average molecular weight is 477 g/mol. The molecule has 3 rings (SSSR count). The SMILES string of the molecule is CCONc1ncnc(-c2c(C)[nH]c(C(=O)N[C@@H](CO)c3cccc(C(F)(F)F)c3)c2C)c1C. The van der Waals surface area contributed by atoms with Crippen molar-refractivity contribution in [2.45, 2.75) is 39.9 Å². The first kappa shape index (κ1) is 25.2. The van der Waals surface area contributed by atoms with Crippen molar-refractivity contribution in [3.05, 3.63) is 64.2 Å². The highest BCUT2D eigenvalue weighted by Crippen LogP contribution is 2.33. The molecule has 3 aromatic rings. The summed E-state index contributed by atoms with van der Waals surface area (Å²) in [5, 5.41) is 12.4. The molecule has 11 heteroatoms. The summed E-state index contributed by atoms with van der Waals surface area (Å²) in [7, 11) is 0. The first-order chi connectivity index (χ1) is 16.1. The number of alkyl halides is 3. The second kappa shape index (κ2) is 10.2. The van der Waals surface area contributed by atoms with Gasteiger partial charge in [0.15, 0.2) is 5.82 Å². The molecule has 0 spiro atoms. The van der Waals surface area contributed by atoms with Gasteiger partial charge in [-0.1, -0.05) is 12.1 Å². The number of amides is 1. The fourth-order valence-corrected chi connectivity index (χ4v) is 3.67. The van der Waals surface area contributed by atoms with Gasteiger partial charge >= 0.3 is 6.18 Å². The van der Waals surface area contributed by atoms with E-state index in [-0.39, 0.29) is 11.3 Å². The Morgan fingerprint density at radius 3 is 2.59 bits per heavy atom. The number of H-pyrrole nitrogens is 1. The zero-order valence-corrected chi connectivity index (χ0v) is 19.2. The minimum atomic E-state index is -4.53. The number of carbonyl (C=O) groups excluding carboxylic acids is 1. The summed E-state index contributed by atoms with van der Waals surface area (Å²) in [5.74, 6) is -0.0783. The molecule has 0 radical (unpaired) electrons. The molecule has 2 heterocycles. The number of hydrogen-bond donors (Lipinski definition) is 4. The van der Waals surface area contributed by atoms with Crippen LogP contribution in [0.15, 0.2) is 30.6 Å². The Kier molecular flexibility index (Phi) is 7.57. The van der Waals surface area contributed by atoms with Crippen LogP contribution in [0.25, 0.3) is 11.3 Å². The monoisotopic (exact) mass is 477 g/mol. The van der Waals surface area contributed by atoms with Crippen molar-refractivity contribution in [2.24, 2.45) is 0 Å². The zero-order valence-electron chi connectivity index (χ0n) is 19.2. The summed E-state index contributed by atoms with van der Waals surface area (Å²) in [5.41, 5.74) is 5.54. The van der Waals surface area contributed by atoms with Gasteiger partial charge in [-0.2, -0.15) is 13.2 Å². The molecular weight excluding hydrogens is 451 g/mol. The molecule has 0 aliphatic rings. The minimum absolute atomic E-state index is 0.144. The third-order valence-corrected chi connectivity index (χ3v) is 5.40. The number of aromatic amines is 1. The van der Waals surface area contributed by atoms with Gasteiger partial charge in [-0.15, -0.1) is 0 Å². The van der Waals surface area contributed by atoms with Crippen LogP contribution in [0.2, 0.25) is 0 Å². The van der Waals surface area contributed by atoms with E-state index in [2.05, 4.69) is 25.7 Å². The number of rotatable bonds is 8. The molecule has 1 amide bonds. The van der Waals surface area contributed by atoms with Crippen molar-refractivity contribution < 1.29 is 27.9 Å². The Morgan fingerprint density at radius 1 is 1.21 bits per heavy atom. The second-order valence-corrected chi connectivity index (χ2v) is 7.69. The highest BCUT2D eigenvalue weighted by Gasteiger charge is 2.31. The maximum Gasteiger partial charge on any atom is 0.416 e. The van der Waals surface area contributed by atoms with Gasteiger partial charge in [0, 0.05) is 16.8 Å². The van der Waals surface area contributed by atoms with Crippen LogP contribution in [-0.2, 0) is 11.0 Å². The quantitative estimate of drug-likeness (QED) is 0.361. The van der Waals surface area contributed by atoms with E-state index in [4.69, 9.17) is 4.84 Å². The Balaban J connectivity index is 1.91. The number of anilines is 1. The molecule has 1 aromatic carbocycles. The third-order valence-electron chi connectivity index (χ3n) is 5.40. The fourth-order valence-electron chi connectivity index (χ4n) is 3.67. The number of nitrogens with one attached hydrogen (secondary N) is 3. The Labute approximate surface area is 194 Å². The standard InChI is InChI=1S/C23H26F3N5O3/c1-5-34-31-21-13(3)19(27-11-28-21)18-12(2)20(29-14(18)4)22(33)30-17(10-32)15-7-6-8-16(9-15)23(24,25)26/h6-9,11,17,29,32H,5,10H2,1-4H3,(H,30,33)(H,27,28,31)/t17-/m0/s1. The van der Waals surface area contributed by atoms with Crippen molar-refractivity contribution in [2.75, 3.05) is 18.7 Å².